The Kier molecular flexibility index (Phi) is 3.34. The largest absolute Gasteiger partial charge is 0.507 e. The van der Waals surface area contributed by atoms with Gasteiger partial charge in [0.25, 0.3) is 0 Å². The molecule has 1 atom stereocenters. The zero-order valence-corrected chi connectivity index (χ0v) is 11.2. The van der Waals surface area contributed by atoms with E-state index in [9.17, 15) is 9.90 Å². The van der Waals surface area contributed by atoms with Crippen molar-refractivity contribution in [3.05, 3.63) is 36.4 Å². The third kappa shape index (κ3) is 2.54. The van der Waals surface area contributed by atoms with Crippen LogP contribution in [0.4, 0.5) is 0 Å². The molecule has 0 bridgehead atoms. The first kappa shape index (κ1) is 12.4. The number of thioether (sulfide) groups is 1. The van der Waals surface area contributed by atoms with Gasteiger partial charge in [-0.05, 0) is 23.9 Å². The third-order valence-corrected chi connectivity index (χ3v) is 4.62. The first-order valence-electron chi connectivity index (χ1n) is 6.37. The van der Waals surface area contributed by atoms with Crippen molar-refractivity contribution in [2.75, 3.05) is 5.75 Å². The van der Waals surface area contributed by atoms with Crippen LogP contribution in [0, 0.1) is 0 Å². The zero-order chi connectivity index (χ0) is 13.2. The second kappa shape index (κ2) is 5.13. The van der Waals surface area contributed by atoms with E-state index < -0.39 is 0 Å². The maximum Gasteiger partial charge on any atom is 0.220 e. The third-order valence-electron chi connectivity index (χ3n) is 3.39. The van der Waals surface area contributed by atoms with E-state index in [-0.39, 0.29) is 11.9 Å². The Labute approximate surface area is 116 Å². The molecule has 3 nitrogen and oxygen atoms in total. The van der Waals surface area contributed by atoms with Crippen LogP contribution in [0.15, 0.2) is 41.3 Å². The Morgan fingerprint density at radius 3 is 2.74 bits per heavy atom. The fourth-order valence-electron chi connectivity index (χ4n) is 2.37. The molecule has 3 rings (SSSR count). The predicted octanol–water partition coefficient (Wildman–Crippen LogP) is 2.92. The number of hydrogen-bond donors (Lipinski definition) is 2. The van der Waals surface area contributed by atoms with Crippen LogP contribution in [0.5, 0.6) is 5.75 Å². The predicted molar refractivity (Wildman–Crippen MR) is 77.5 cm³/mol. The Hall–Kier alpha value is -1.68. The topological polar surface area (TPSA) is 49.3 Å². The number of rotatable bonds is 3. The number of carbonyl (C=O) groups is 1. The summed E-state index contributed by atoms with van der Waals surface area (Å²) in [6, 6.07) is 11.8. The molecule has 19 heavy (non-hydrogen) atoms. The fourth-order valence-corrected chi connectivity index (χ4v) is 3.50. The molecule has 2 aromatic rings. The van der Waals surface area contributed by atoms with Crippen molar-refractivity contribution in [1.29, 1.82) is 0 Å². The van der Waals surface area contributed by atoms with Crippen LogP contribution in [0.25, 0.3) is 10.8 Å². The van der Waals surface area contributed by atoms with E-state index in [0.717, 1.165) is 27.8 Å². The van der Waals surface area contributed by atoms with Crippen molar-refractivity contribution >= 4 is 28.4 Å². The SMILES string of the molecule is O=C1CCC(CSc2ccc(O)c3ccccc23)N1. The molecule has 1 unspecified atom stereocenters. The second-order valence-corrected chi connectivity index (χ2v) is 5.80. The number of amides is 1. The lowest BCUT2D eigenvalue weighted by Gasteiger charge is -2.11. The molecule has 0 spiro atoms. The van der Waals surface area contributed by atoms with E-state index in [1.807, 2.05) is 30.3 Å². The van der Waals surface area contributed by atoms with Gasteiger partial charge in [0.15, 0.2) is 0 Å². The first-order chi connectivity index (χ1) is 9.24. The number of nitrogens with one attached hydrogen (secondary N) is 1. The number of carbonyl (C=O) groups excluding carboxylic acids is 1. The summed E-state index contributed by atoms with van der Waals surface area (Å²) in [7, 11) is 0. The van der Waals surface area contributed by atoms with E-state index in [2.05, 4.69) is 5.32 Å². The summed E-state index contributed by atoms with van der Waals surface area (Å²) in [4.78, 5) is 12.3. The van der Waals surface area contributed by atoms with Crippen molar-refractivity contribution in [2.45, 2.75) is 23.8 Å². The van der Waals surface area contributed by atoms with Crippen LogP contribution in [0.3, 0.4) is 0 Å². The van der Waals surface area contributed by atoms with Crippen molar-refractivity contribution in [1.82, 2.24) is 5.32 Å². The molecule has 1 amide bonds. The van der Waals surface area contributed by atoms with Gasteiger partial charge in [-0.2, -0.15) is 0 Å². The number of aromatic hydroxyl groups is 1. The summed E-state index contributed by atoms with van der Waals surface area (Å²) in [6.45, 7) is 0. The summed E-state index contributed by atoms with van der Waals surface area (Å²) in [5.41, 5.74) is 0. The molecule has 4 heteroatoms. The van der Waals surface area contributed by atoms with Gasteiger partial charge in [0, 0.05) is 28.5 Å². The summed E-state index contributed by atoms with van der Waals surface area (Å²) in [5.74, 6) is 1.34. The average molecular weight is 273 g/mol. The molecule has 1 heterocycles. The maximum absolute atomic E-state index is 11.2. The van der Waals surface area contributed by atoms with Gasteiger partial charge in [-0.25, -0.2) is 0 Å². The molecule has 0 radical (unpaired) electrons. The van der Waals surface area contributed by atoms with Crippen LogP contribution in [-0.4, -0.2) is 22.8 Å². The molecule has 1 saturated heterocycles. The molecule has 1 aliphatic rings. The van der Waals surface area contributed by atoms with Crippen LogP contribution < -0.4 is 5.32 Å². The molecule has 2 N–H and O–H groups in total. The average Bonchev–Trinajstić information content (AvgIpc) is 2.84. The van der Waals surface area contributed by atoms with Gasteiger partial charge in [-0.3, -0.25) is 4.79 Å². The lowest BCUT2D eigenvalue weighted by Crippen LogP contribution is -2.27. The van der Waals surface area contributed by atoms with Crippen LogP contribution in [0.1, 0.15) is 12.8 Å². The highest BCUT2D eigenvalue weighted by atomic mass is 32.2. The van der Waals surface area contributed by atoms with Gasteiger partial charge in [-0.1, -0.05) is 24.3 Å². The number of phenolic OH excluding ortho intramolecular Hbond substituents is 1. The lowest BCUT2D eigenvalue weighted by atomic mass is 10.1. The molecule has 0 aliphatic carbocycles. The zero-order valence-electron chi connectivity index (χ0n) is 10.4. The fraction of sp³-hybridized carbons (Fsp3) is 0.267. The Bertz CT molecular complexity index is 627. The minimum absolute atomic E-state index is 0.154. The molecule has 1 fully saturated rings. The van der Waals surface area contributed by atoms with Crippen LogP contribution >= 0.6 is 11.8 Å². The number of phenols is 1. The molecule has 98 valence electrons. The molecule has 0 aromatic heterocycles. The van der Waals surface area contributed by atoms with Gasteiger partial charge in [-0.15, -0.1) is 11.8 Å². The highest BCUT2D eigenvalue weighted by Crippen LogP contribution is 2.33. The van der Waals surface area contributed by atoms with E-state index >= 15 is 0 Å². The second-order valence-electron chi connectivity index (χ2n) is 4.74. The molecular weight excluding hydrogens is 258 g/mol. The normalized spacial score (nSPS) is 18.7. The minimum atomic E-state index is 0.154. The van der Waals surface area contributed by atoms with Crippen LogP contribution in [-0.2, 0) is 4.79 Å². The number of hydrogen-bond acceptors (Lipinski definition) is 3. The summed E-state index contributed by atoms with van der Waals surface area (Å²) in [6.07, 6.45) is 1.56. The molecular formula is C15H15NO2S. The van der Waals surface area contributed by atoms with Gasteiger partial charge >= 0.3 is 0 Å². The highest BCUT2D eigenvalue weighted by molar-refractivity contribution is 7.99. The summed E-state index contributed by atoms with van der Waals surface area (Å²) >= 11 is 1.73. The van der Waals surface area contributed by atoms with Gasteiger partial charge in [0.2, 0.25) is 5.91 Å². The van der Waals surface area contributed by atoms with E-state index in [4.69, 9.17) is 0 Å². The minimum Gasteiger partial charge on any atom is -0.507 e. The number of benzene rings is 2. The molecule has 0 saturated carbocycles. The molecule has 2 aromatic carbocycles. The van der Waals surface area contributed by atoms with Crippen molar-refractivity contribution in [3.8, 4) is 5.75 Å². The van der Waals surface area contributed by atoms with Crippen molar-refractivity contribution in [2.24, 2.45) is 0 Å². The monoisotopic (exact) mass is 273 g/mol. The lowest BCUT2D eigenvalue weighted by molar-refractivity contribution is -0.119. The smallest absolute Gasteiger partial charge is 0.220 e. The highest BCUT2D eigenvalue weighted by Gasteiger charge is 2.20. The Balaban J connectivity index is 1.81. The standard InChI is InChI=1S/C15H15NO2S/c17-13-6-7-14(12-4-2-1-3-11(12)13)19-9-10-5-8-15(18)16-10/h1-4,6-7,10,17H,5,8-9H2,(H,16,18). The van der Waals surface area contributed by atoms with Gasteiger partial charge in [0.1, 0.15) is 5.75 Å². The summed E-state index contributed by atoms with van der Waals surface area (Å²) in [5, 5.41) is 14.8. The van der Waals surface area contributed by atoms with Gasteiger partial charge < -0.3 is 10.4 Å². The number of fused-ring (bicyclic) bond motifs is 1. The maximum atomic E-state index is 11.2. The van der Waals surface area contributed by atoms with Crippen LogP contribution in [0.2, 0.25) is 0 Å². The van der Waals surface area contributed by atoms with E-state index in [1.54, 1.807) is 17.8 Å². The first-order valence-corrected chi connectivity index (χ1v) is 7.35. The van der Waals surface area contributed by atoms with E-state index in [1.165, 1.54) is 0 Å². The Morgan fingerprint density at radius 1 is 1.21 bits per heavy atom. The summed E-state index contributed by atoms with van der Waals surface area (Å²) < 4.78 is 0. The van der Waals surface area contributed by atoms with E-state index in [0.29, 0.717) is 12.2 Å². The Morgan fingerprint density at radius 2 is 2.00 bits per heavy atom. The van der Waals surface area contributed by atoms with Crippen molar-refractivity contribution < 1.29 is 9.90 Å². The quantitative estimate of drug-likeness (QED) is 0.845. The van der Waals surface area contributed by atoms with Crippen molar-refractivity contribution in [3.63, 3.8) is 0 Å². The van der Waals surface area contributed by atoms with Gasteiger partial charge in [0.05, 0.1) is 0 Å². The molecule has 1 aliphatic heterocycles.